The Balaban J connectivity index is 1.37. The SMILES string of the molecule is C[C@@H](NC(=O)CSc1nnc2ccccn12)c1ccc2c(c1)OCCO2. The quantitative estimate of drug-likeness (QED) is 0.695. The smallest absolute Gasteiger partial charge is 0.230 e. The number of ether oxygens (including phenoxy) is 2. The van der Waals surface area contributed by atoms with Crippen LogP contribution in [-0.2, 0) is 4.79 Å². The minimum Gasteiger partial charge on any atom is -0.486 e. The molecular formula is C18H18N4O3S. The molecular weight excluding hydrogens is 352 g/mol. The normalized spacial score (nSPS) is 14.2. The third kappa shape index (κ3) is 3.45. The van der Waals surface area contributed by atoms with Crippen molar-refractivity contribution in [2.45, 2.75) is 18.1 Å². The molecule has 3 heterocycles. The zero-order valence-electron chi connectivity index (χ0n) is 14.2. The number of hydrogen-bond donors (Lipinski definition) is 1. The summed E-state index contributed by atoms with van der Waals surface area (Å²) in [4.78, 5) is 12.3. The van der Waals surface area contributed by atoms with E-state index in [4.69, 9.17) is 9.47 Å². The van der Waals surface area contributed by atoms with Gasteiger partial charge in [-0.25, -0.2) is 0 Å². The highest BCUT2D eigenvalue weighted by molar-refractivity contribution is 7.99. The number of fused-ring (bicyclic) bond motifs is 2. The van der Waals surface area contributed by atoms with Crippen LogP contribution in [0.4, 0.5) is 0 Å². The lowest BCUT2D eigenvalue weighted by atomic mass is 10.1. The Kier molecular flexibility index (Phi) is 4.66. The maximum atomic E-state index is 12.3. The largest absolute Gasteiger partial charge is 0.486 e. The molecule has 0 unspecified atom stereocenters. The van der Waals surface area contributed by atoms with Gasteiger partial charge < -0.3 is 14.8 Å². The van der Waals surface area contributed by atoms with Gasteiger partial charge in [0.05, 0.1) is 11.8 Å². The first kappa shape index (κ1) is 16.7. The number of benzene rings is 1. The summed E-state index contributed by atoms with van der Waals surface area (Å²) in [6.07, 6.45) is 1.88. The van der Waals surface area contributed by atoms with Crippen molar-refractivity contribution in [1.82, 2.24) is 19.9 Å². The molecule has 0 radical (unpaired) electrons. The first-order chi connectivity index (χ1) is 12.7. The van der Waals surface area contributed by atoms with Crippen LogP contribution >= 0.6 is 11.8 Å². The number of pyridine rings is 1. The topological polar surface area (TPSA) is 77.8 Å². The Bertz CT molecular complexity index is 943. The Morgan fingerprint density at radius 1 is 1.23 bits per heavy atom. The van der Waals surface area contributed by atoms with Gasteiger partial charge in [-0.3, -0.25) is 9.20 Å². The number of nitrogens with zero attached hydrogens (tertiary/aromatic N) is 3. The molecule has 26 heavy (non-hydrogen) atoms. The second kappa shape index (κ2) is 7.25. The number of amides is 1. The maximum Gasteiger partial charge on any atom is 0.230 e. The molecule has 1 atom stereocenters. The van der Waals surface area contributed by atoms with Crippen LogP contribution in [0.2, 0.25) is 0 Å². The average Bonchev–Trinajstić information content (AvgIpc) is 3.09. The molecule has 1 amide bonds. The van der Waals surface area contributed by atoms with E-state index in [1.807, 2.05) is 53.9 Å². The molecule has 1 aromatic carbocycles. The van der Waals surface area contributed by atoms with Crippen LogP contribution in [-0.4, -0.2) is 39.5 Å². The number of rotatable bonds is 5. The molecule has 3 aromatic rings. The summed E-state index contributed by atoms with van der Waals surface area (Å²) in [5, 5.41) is 11.9. The van der Waals surface area contributed by atoms with Crippen molar-refractivity contribution >= 4 is 23.3 Å². The standard InChI is InChI=1S/C18H18N4O3S/c1-12(13-5-6-14-15(10-13)25-9-8-24-14)19-17(23)11-26-18-21-20-16-4-2-3-7-22(16)18/h2-7,10,12H,8-9,11H2,1H3,(H,19,23)/t12-/m1/s1. The van der Waals surface area contributed by atoms with Crippen molar-refractivity contribution in [2.75, 3.05) is 19.0 Å². The summed E-state index contributed by atoms with van der Waals surface area (Å²) >= 11 is 1.36. The first-order valence-electron chi connectivity index (χ1n) is 8.32. The first-order valence-corrected chi connectivity index (χ1v) is 9.31. The number of thioether (sulfide) groups is 1. The van der Waals surface area contributed by atoms with Gasteiger partial charge in [0.1, 0.15) is 13.2 Å². The zero-order valence-corrected chi connectivity index (χ0v) is 15.0. The van der Waals surface area contributed by atoms with Crippen LogP contribution < -0.4 is 14.8 Å². The van der Waals surface area contributed by atoms with Crippen molar-refractivity contribution in [3.05, 3.63) is 48.2 Å². The highest BCUT2D eigenvalue weighted by Gasteiger charge is 2.16. The fraction of sp³-hybridized carbons (Fsp3) is 0.278. The second-order valence-corrected chi connectivity index (χ2v) is 6.83. The van der Waals surface area contributed by atoms with Gasteiger partial charge in [-0.2, -0.15) is 0 Å². The molecule has 1 aliphatic rings. The predicted octanol–water partition coefficient (Wildman–Crippen LogP) is 2.47. The van der Waals surface area contributed by atoms with Gasteiger partial charge in [-0.15, -0.1) is 10.2 Å². The summed E-state index contributed by atoms with van der Waals surface area (Å²) < 4.78 is 13.0. The molecule has 1 N–H and O–H groups in total. The van der Waals surface area contributed by atoms with Crippen molar-refractivity contribution in [1.29, 1.82) is 0 Å². The third-order valence-electron chi connectivity index (χ3n) is 4.06. The molecule has 0 saturated carbocycles. The number of aromatic nitrogens is 3. The van der Waals surface area contributed by atoms with E-state index in [0.717, 1.165) is 22.7 Å². The van der Waals surface area contributed by atoms with Crippen molar-refractivity contribution in [2.24, 2.45) is 0 Å². The van der Waals surface area contributed by atoms with Crippen molar-refractivity contribution in [3.8, 4) is 11.5 Å². The van der Waals surface area contributed by atoms with Crippen LogP contribution in [0.15, 0.2) is 47.8 Å². The molecule has 2 aromatic heterocycles. The van der Waals surface area contributed by atoms with Gasteiger partial charge in [-0.1, -0.05) is 23.9 Å². The average molecular weight is 370 g/mol. The second-order valence-electron chi connectivity index (χ2n) is 5.89. The third-order valence-corrected chi connectivity index (χ3v) is 5.00. The van der Waals surface area contributed by atoms with E-state index in [0.29, 0.717) is 18.4 Å². The number of hydrogen-bond acceptors (Lipinski definition) is 6. The van der Waals surface area contributed by atoms with E-state index in [1.165, 1.54) is 11.8 Å². The van der Waals surface area contributed by atoms with Crippen LogP contribution in [0.25, 0.3) is 5.65 Å². The molecule has 0 spiro atoms. The Labute approximate surface area is 154 Å². The molecule has 0 fully saturated rings. The molecule has 0 aliphatic carbocycles. The molecule has 0 saturated heterocycles. The van der Waals surface area contributed by atoms with Crippen LogP contribution in [0.1, 0.15) is 18.5 Å². The van der Waals surface area contributed by atoms with Crippen molar-refractivity contribution < 1.29 is 14.3 Å². The van der Waals surface area contributed by atoms with E-state index in [1.54, 1.807) is 0 Å². The summed E-state index contributed by atoms with van der Waals surface area (Å²) in [5.74, 6) is 1.67. The minimum absolute atomic E-state index is 0.0647. The Morgan fingerprint density at radius 3 is 2.96 bits per heavy atom. The van der Waals surface area contributed by atoms with Gasteiger partial charge >= 0.3 is 0 Å². The van der Waals surface area contributed by atoms with Crippen LogP contribution in [0.5, 0.6) is 11.5 Å². The van der Waals surface area contributed by atoms with Gasteiger partial charge in [0, 0.05) is 6.20 Å². The van der Waals surface area contributed by atoms with E-state index in [2.05, 4.69) is 15.5 Å². The fourth-order valence-electron chi connectivity index (χ4n) is 2.74. The monoisotopic (exact) mass is 370 g/mol. The van der Waals surface area contributed by atoms with E-state index < -0.39 is 0 Å². The van der Waals surface area contributed by atoms with Gasteiger partial charge in [0.2, 0.25) is 5.91 Å². The van der Waals surface area contributed by atoms with E-state index in [9.17, 15) is 4.79 Å². The van der Waals surface area contributed by atoms with Gasteiger partial charge in [0.25, 0.3) is 0 Å². The summed E-state index contributed by atoms with van der Waals surface area (Å²) in [5.41, 5.74) is 1.74. The van der Waals surface area contributed by atoms with Crippen LogP contribution in [0, 0.1) is 0 Å². The van der Waals surface area contributed by atoms with E-state index in [-0.39, 0.29) is 17.7 Å². The predicted molar refractivity (Wildman–Crippen MR) is 97.7 cm³/mol. The molecule has 8 heteroatoms. The molecule has 134 valence electrons. The molecule has 7 nitrogen and oxygen atoms in total. The number of carbonyl (C=O) groups excluding carboxylic acids is 1. The summed E-state index contributed by atoms with van der Waals surface area (Å²) in [6.45, 7) is 3.05. The van der Waals surface area contributed by atoms with E-state index >= 15 is 0 Å². The van der Waals surface area contributed by atoms with Gasteiger partial charge in [-0.05, 0) is 36.8 Å². The molecule has 1 aliphatic heterocycles. The Hall–Kier alpha value is -2.74. The summed E-state index contributed by atoms with van der Waals surface area (Å²) in [6, 6.07) is 11.3. The lowest BCUT2D eigenvalue weighted by Gasteiger charge is -2.21. The molecule has 0 bridgehead atoms. The lowest BCUT2D eigenvalue weighted by molar-refractivity contribution is -0.119. The lowest BCUT2D eigenvalue weighted by Crippen LogP contribution is -2.28. The minimum atomic E-state index is -0.130. The highest BCUT2D eigenvalue weighted by Crippen LogP contribution is 2.32. The zero-order chi connectivity index (χ0) is 17.9. The highest BCUT2D eigenvalue weighted by atomic mass is 32.2. The fourth-order valence-corrected chi connectivity index (χ4v) is 3.48. The number of carbonyl (C=O) groups is 1. The Morgan fingerprint density at radius 2 is 2.08 bits per heavy atom. The van der Waals surface area contributed by atoms with Crippen molar-refractivity contribution in [3.63, 3.8) is 0 Å². The van der Waals surface area contributed by atoms with Crippen LogP contribution in [0.3, 0.4) is 0 Å². The van der Waals surface area contributed by atoms with Gasteiger partial charge in [0.15, 0.2) is 22.3 Å². The maximum absolute atomic E-state index is 12.3. The molecule has 4 rings (SSSR count). The number of nitrogens with one attached hydrogen (secondary N) is 1. The summed E-state index contributed by atoms with van der Waals surface area (Å²) in [7, 11) is 0.